The summed E-state index contributed by atoms with van der Waals surface area (Å²) in [5.74, 6) is 0.143. The van der Waals surface area contributed by atoms with Gasteiger partial charge in [-0.25, -0.2) is 4.98 Å². The normalized spacial score (nSPS) is 9.09. The molecule has 0 aliphatic heterocycles. The molecule has 0 aliphatic rings. The van der Waals surface area contributed by atoms with Crippen LogP contribution in [0, 0.1) is 0 Å². The van der Waals surface area contributed by atoms with Gasteiger partial charge in [-0.1, -0.05) is 13.2 Å². The third-order valence-corrected chi connectivity index (χ3v) is 1.27. The van der Waals surface area contributed by atoms with Gasteiger partial charge >= 0.3 is 0 Å². The fourth-order valence-electron chi connectivity index (χ4n) is 0.742. The highest BCUT2D eigenvalue weighted by Gasteiger charge is 2.05. The Kier molecular flexibility index (Phi) is 2.01. The summed E-state index contributed by atoms with van der Waals surface area (Å²) in [4.78, 5) is 14.8. The van der Waals surface area contributed by atoms with E-state index in [4.69, 9.17) is 0 Å². The standard InChI is InChI=1S/C8H8N2O/c1-3-7(11)8-9-5-6-10(8)4-2/h3-6H,1-2H2. The number of allylic oxidation sites excluding steroid dienone is 1. The van der Waals surface area contributed by atoms with Gasteiger partial charge in [-0.05, 0) is 6.08 Å². The second-order valence-corrected chi connectivity index (χ2v) is 1.91. The lowest BCUT2D eigenvalue weighted by molar-refractivity contribution is 0.103. The van der Waals surface area contributed by atoms with Gasteiger partial charge in [0.2, 0.25) is 5.78 Å². The molecule has 0 unspecified atom stereocenters. The number of hydrogen-bond acceptors (Lipinski definition) is 2. The Labute approximate surface area is 64.7 Å². The Balaban J connectivity index is 3.11. The van der Waals surface area contributed by atoms with Crippen LogP contribution in [-0.4, -0.2) is 15.3 Å². The quantitative estimate of drug-likeness (QED) is 0.479. The molecule has 0 saturated heterocycles. The SMILES string of the molecule is C=CC(=O)c1nccn1C=C. The molecule has 0 saturated carbocycles. The molecule has 0 spiro atoms. The average Bonchev–Trinajstić information content (AvgIpc) is 2.50. The minimum absolute atomic E-state index is 0.199. The van der Waals surface area contributed by atoms with Crippen molar-refractivity contribution in [2.75, 3.05) is 0 Å². The average molecular weight is 148 g/mol. The molecule has 3 heteroatoms. The van der Waals surface area contributed by atoms with Gasteiger partial charge in [0.05, 0.1) is 0 Å². The molecule has 0 bridgehead atoms. The lowest BCUT2D eigenvalue weighted by atomic mass is 10.4. The highest BCUT2D eigenvalue weighted by Crippen LogP contribution is 1.98. The third kappa shape index (κ3) is 1.26. The number of imidazole rings is 1. The molecule has 1 rings (SSSR count). The number of aromatic nitrogens is 2. The minimum atomic E-state index is -0.199. The summed E-state index contributed by atoms with van der Waals surface area (Å²) in [6, 6.07) is 0. The third-order valence-electron chi connectivity index (χ3n) is 1.27. The first-order valence-electron chi connectivity index (χ1n) is 3.11. The van der Waals surface area contributed by atoms with Crippen molar-refractivity contribution in [3.63, 3.8) is 0 Å². The van der Waals surface area contributed by atoms with Crippen LogP contribution in [0.1, 0.15) is 10.6 Å². The van der Waals surface area contributed by atoms with Crippen LogP contribution in [0.5, 0.6) is 0 Å². The smallest absolute Gasteiger partial charge is 0.221 e. The van der Waals surface area contributed by atoms with E-state index in [2.05, 4.69) is 18.1 Å². The summed E-state index contributed by atoms with van der Waals surface area (Å²) in [5.41, 5.74) is 0. The first-order chi connectivity index (χ1) is 5.29. The zero-order valence-electron chi connectivity index (χ0n) is 6.03. The van der Waals surface area contributed by atoms with Gasteiger partial charge in [0, 0.05) is 18.6 Å². The number of nitrogens with zero attached hydrogens (tertiary/aromatic N) is 2. The van der Waals surface area contributed by atoms with Crippen LogP contribution in [-0.2, 0) is 0 Å². The van der Waals surface area contributed by atoms with Crippen LogP contribution in [0.4, 0.5) is 0 Å². The van der Waals surface area contributed by atoms with Gasteiger partial charge in [-0.2, -0.15) is 0 Å². The van der Waals surface area contributed by atoms with E-state index in [9.17, 15) is 4.79 Å². The highest BCUT2D eigenvalue weighted by atomic mass is 16.1. The largest absolute Gasteiger partial charge is 0.304 e. The van der Waals surface area contributed by atoms with Gasteiger partial charge in [0.15, 0.2) is 5.82 Å². The van der Waals surface area contributed by atoms with Gasteiger partial charge in [-0.15, -0.1) is 0 Å². The summed E-state index contributed by atoms with van der Waals surface area (Å²) in [6.45, 7) is 6.87. The predicted molar refractivity (Wildman–Crippen MR) is 43.1 cm³/mol. The molecule has 0 fully saturated rings. The predicted octanol–water partition coefficient (Wildman–Crippen LogP) is 1.35. The lowest BCUT2D eigenvalue weighted by Gasteiger charge is -1.94. The van der Waals surface area contributed by atoms with Crippen LogP contribution in [0.3, 0.4) is 0 Å². The first-order valence-corrected chi connectivity index (χ1v) is 3.11. The Morgan fingerprint density at radius 2 is 2.36 bits per heavy atom. The molecule has 0 aromatic carbocycles. The fraction of sp³-hybridized carbons (Fsp3) is 0. The summed E-state index contributed by atoms with van der Waals surface area (Å²) in [6.07, 6.45) is 5.94. The number of ketones is 1. The Morgan fingerprint density at radius 3 is 2.91 bits per heavy atom. The molecule has 11 heavy (non-hydrogen) atoms. The molecule has 1 aromatic heterocycles. The summed E-state index contributed by atoms with van der Waals surface area (Å²) >= 11 is 0. The van der Waals surface area contributed by atoms with Crippen LogP contribution in [0.25, 0.3) is 6.20 Å². The van der Waals surface area contributed by atoms with Crippen LogP contribution >= 0.6 is 0 Å². The Bertz CT molecular complexity index is 299. The Morgan fingerprint density at radius 1 is 1.64 bits per heavy atom. The second-order valence-electron chi connectivity index (χ2n) is 1.91. The first kappa shape index (κ1) is 7.47. The second kappa shape index (κ2) is 2.96. The molecule has 0 N–H and O–H groups in total. The van der Waals surface area contributed by atoms with Crippen molar-refractivity contribution in [3.8, 4) is 0 Å². The summed E-state index contributed by atoms with van der Waals surface area (Å²) < 4.78 is 1.55. The van der Waals surface area contributed by atoms with E-state index in [1.54, 1.807) is 17.0 Å². The van der Waals surface area contributed by atoms with Crippen LogP contribution in [0.2, 0.25) is 0 Å². The van der Waals surface area contributed by atoms with Crippen molar-refractivity contribution in [1.82, 2.24) is 9.55 Å². The van der Waals surface area contributed by atoms with Gasteiger partial charge in [-0.3, -0.25) is 4.79 Å². The van der Waals surface area contributed by atoms with E-state index in [1.165, 1.54) is 12.3 Å². The zero-order valence-corrected chi connectivity index (χ0v) is 6.03. The molecule has 3 nitrogen and oxygen atoms in total. The number of carbonyl (C=O) groups is 1. The maximum atomic E-state index is 11.0. The van der Waals surface area contributed by atoms with Crippen molar-refractivity contribution in [1.29, 1.82) is 0 Å². The number of carbonyl (C=O) groups excluding carboxylic acids is 1. The van der Waals surface area contributed by atoms with Crippen molar-refractivity contribution in [3.05, 3.63) is 37.5 Å². The Hall–Kier alpha value is -1.64. The van der Waals surface area contributed by atoms with E-state index in [0.29, 0.717) is 5.82 Å². The molecule has 1 aromatic rings. The highest BCUT2D eigenvalue weighted by molar-refractivity contribution is 6.01. The van der Waals surface area contributed by atoms with Gasteiger partial charge < -0.3 is 4.57 Å². The van der Waals surface area contributed by atoms with Crippen molar-refractivity contribution >= 4 is 12.0 Å². The van der Waals surface area contributed by atoms with Crippen molar-refractivity contribution < 1.29 is 4.79 Å². The lowest BCUT2D eigenvalue weighted by Crippen LogP contribution is -2.02. The zero-order chi connectivity index (χ0) is 8.27. The molecule has 0 radical (unpaired) electrons. The maximum Gasteiger partial charge on any atom is 0.221 e. The molecule has 0 atom stereocenters. The van der Waals surface area contributed by atoms with Crippen LogP contribution < -0.4 is 0 Å². The molecule has 56 valence electrons. The molecule has 1 heterocycles. The maximum absolute atomic E-state index is 11.0. The van der Waals surface area contributed by atoms with E-state index < -0.39 is 0 Å². The molecular weight excluding hydrogens is 140 g/mol. The number of hydrogen-bond donors (Lipinski definition) is 0. The van der Waals surface area contributed by atoms with Gasteiger partial charge in [0.25, 0.3) is 0 Å². The molecule has 0 aliphatic carbocycles. The van der Waals surface area contributed by atoms with E-state index in [-0.39, 0.29) is 5.78 Å². The summed E-state index contributed by atoms with van der Waals surface area (Å²) in [5, 5.41) is 0. The molecular formula is C8H8N2O. The molecule has 0 amide bonds. The monoisotopic (exact) mass is 148 g/mol. The van der Waals surface area contributed by atoms with E-state index >= 15 is 0 Å². The fourth-order valence-corrected chi connectivity index (χ4v) is 0.742. The topological polar surface area (TPSA) is 34.9 Å². The van der Waals surface area contributed by atoms with E-state index in [0.717, 1.165) is 0 Å². The van der Waals surface area contributed by atoms with Crippen LogP contribution in [0.15, 0.2) is 31.6 Å². The number of rotatable bonds is 3. The van der Waals surface area contributed by atoms with E-state index in [1.807, 2.05) is 0 Å². The van der Waals surface area contributed by atoms with Crippen molar-refractivity contribution in [2.24, 2.45) is 0 Å². The minimum Gasteiger partial charge on any atom is -0.304 e. The van der Waals surface area contributed by atoms with Gasteiger partial charge in [0.1, 0.15) is 0 Å². The summed E-state index contributed by atoms with van der Waals surface area (Å²) in [7, 11) is 0. The van der Waals surface area contributed by atoms with Crippen molar-refractivity contribution in [2.45, 2.75) is 0 Å².